The highest BCUT2D eigenvalue weighted by molar-refractivity contribution is 7.99. The second-order valence-electron chi connectivity index (χ2n) is 6.58. The smallest absolute Gasteiger partial charge is 0.262 e. The Morgan fingerprint density at radius 3 is 2.77 bits per heavy atom. The molecule has 0 bridgehead atoms. The van der Waals surface area contributed by atoms with Gasteiger partial charge in [-0.15, -0.1) is 0 Å². The molecule has 0 fully saturated rings. The number of anilines is 1. The molecule has 0 radical (unpaired) electrons. The fraction of sp³-hybridized carbons (Fsp3) is 0.300. The van der Waals surface area contributed by atoms with Gasteiger partial charge in [-0.3, -0.25) is 9.52 Å². The van der Waals surface area contributed by atoms with E-state index in [9.17, 15) is 13.2 Å². The number of rotatable bonds is 9. The molecule has 0 saturated heterocycles. The maximum absolute atomic E-state index is 12.8. The van der Waals surface area contributed by atoms with E-state index in [4.69, 9.17) is 9.15 Å². The molecule has 10 heteroatoms. The van der Waals surface area contributed by atoms with Crippen LogP contribution in [-0.4, -0.2) is 38.2 Å². The summed E-state index contributed by atoms with van der Waals surface area (Å²) in [5, 5.41) is 3.17. The topological polar surface area (TPSA) is 111 Å². The first-order valence-corrected chi connectivity index (χ1v) is 11.8. The van der Waals surface area contributed by atoms with Gasteiger partial charge in [0.2, 0.25) is 5.91 Å². The van der Waals surface area contributed by atoms with Crippen LogP contribution in [0.1, 0.15) is 20.3 Å². The summed E-state index contributed by atoms with van der Waals surface area (Å²) in [5.41, 5.74) is 1.17. The number of nitrogens with one attached hydrogen (secondary N) is 2. The third-order valence-electron chi connectivity index (χ3n) is 4.35. The highest BCUT2D eigenvalue weighted by Gasteiger charge is 2.19. The van der Waals surface area contributed by atoms with E-state index in [0.29, 0.717) is 27.8 Å². The van der Waals surface area contributed by atoms with Crippen molar-refractivity contribution in [2.24, 2.45) is 0 Å². The molecule has 0 aliphatic carbocycles. The lowest BCUT2D eigenvalue weighted by molar-refractivity contribution is -0.119. The number of aromatic nitrogens is 1. The van der Waals surface area contributed by atoms with Gasteiger partial charge in [0.1, 0.15) is 11.3 Å². The molecule has 0 saturated carbocycles. The van der Waals surface area contributed by atoms with Crippen molar-refractivity contribution in [2.75, 3.05) is 17.6 Å². The van der Waals surface area contributed by atoms with Gasteiger partial charge in [0.15, 0.2) is 5.58 Å². The van der Waals surface area contributed by atoms with Crippen molar-refractivity contribution in [2.45, 2.75) is 36.4 Å². The first kappa shape index (κ1) is 22.0. The molecular formula is C20H23N3O5S2. The molecule has 3 aromatic rings. The minimum Gasteiger partial charge on any atom is -0.495 e. The Bertz CT molecular complexity index is 1140. The summed E-state index contributed by atoms with van der Waals surface area (Å²) < 4.78 is 38.9. The Kier molecular flexibility index (Phi) is 6.88. The first-order valence-electron chi connectivity index (χ1n) is 9.31. The number of fused-ring (bicyclic) bond motifs is 1. The largest absolute Gasteiger partial charge is 0.495 e. The number of amides is 1. The lowest BCUT2D eigenvalue weighted by Crippen LogP contribution is -2.33. The van der Waals surface area contributed by atoms with Crippen LogP contribution in [0.2, 0.25) is 0 Å². The number of benzene rings is 2. The number of oxazole rings is 1. The average Bonchev–Trinajstić information content (AvgIpc) is 3.14. The SMILES string of the molecule is CCC(C)NC(=O)CSc1nc2cc(S(=O)(=O)Nc3ccccc3OC)ccc2o1. The molecule has 1 heterocycles. The fourth-order valence-electron chi connectivity index (χ4n) is 2.59. The van der Waals surface area contributed by atoms with Gasteiger partial charge in [-0.1, -0.05) is 30.8 Å². The Hall–Kier alpha value is -2.72. The quantitative estimate of drug-likeness (QED) is 0.480. The van der Waals surface area contributed by atoms with E-state index >= 15 is 0 Å². The van der Waals surface area contributed by atoms with Crippen LogP contribution < -0.4 is 14.8 Å². The van der Waals surface area contributed by atoms with Gasteiger partial charge in [-0.05, 0) is 43.7 Å². The maximum Gasteiger partial charge on any atom is 0.262 e. The molecule has 0 spiro atoms. The van der Waals surface area contributed by atoms with Crippen molar-refractivity contribution in [1.82, 2.24) is 10.3 Å². The van der Waals surface area contributed by atoms with Crippen LogP contribution in [0.15, 0.2) is 57.0 Å². The lowest BCUT2D eigenvalue weighted by atomic mass is 10.3. The van der Waals surface area contributed by atoms with Crippen molar-refractivity contribution in [3.8, 4) is 5.75 Å². The Labute approximate surface area is 179 Å². The number of hydrogen-bond acceptors (Lipinski definition) is 7. The van der Waals surface area contributed by atoms with E-state index in [1.165, 1.54) is 19.2 Å². The minimum atomic E-state index is -3.85. The predicted octanol–water partition coefficient (Wildman–Crippen LogP) is 3.64. The van der Waals surface area contributed by atoms with E-state index in [1.807, 2.05) is 13.8 Å². The second kappa shape index (κ2) is 9.40. The fourth-order valence-corrected chi connectivity index (χ4v) is 4.33. The van der Waals surface area contributed by atoms with Gasteiger partial charge in [0.25, 0.3) is 15.2 Å². The van der Waals surface area contributed by atoms with E-state index in [-0.39, 0.29) is 22.6 Å². The average molecular weight is 450 g/mol. The van der Waals surface area contributed by atoms with E-state index in [0.717, 1.165) is 18.2 Å². The maximum atomic E-state index is 12.8. The van der Waals surface area contributed by atoms with Crippen molar-refractivity contribution in [1.29, 1.82) is 0 Å². The molecule has 2 N–H and O–H groups in total. The summed E-state index contributed by atoms with van der Waals surface area (Å²) in [4.78, 5) is 16.3. The first-order chi connectivity index (χ1) is 14.3. The standard InChI is InChI=1S/C20H23N3O5S2/c1-4-13(2)21-19(24)12-29-20-22-16-11-14(9-10-18(16)28-20)30(25,26)23-15-7-5-6-8-17(15)27-3/h5-11,13,23H,4,12H2,1-3H3,(H,21,24). The number of methoxy groups -OCH3 is 1. The summed E-state index contributed by atoms with van der Waals surface area (Å²) in [6.07, 6.45) is 0.847. The van der Waals surface area contributed by atoms with Gasteiger partial charge >= 0.3 is 0 Å². The highest BCUT2D eigenvalue weighted by atomic mass is 32.2. The third-order valence-corrected chi connectivity index (χ3v) is 6.54. The van der Waals surface area contributed by atoms with Gasteiger partial charge in [-0.2, -0.15) is 0 Å². The summed E-state index contributed by atoms with van der Waals surface area (Å²) in [6.45, 7) is 3.93. The summed E-state index contributed by atoms with van der Waals surface area (Å²) >= 11 is 1.16. The van der Waals surface area contributed by atoms with Crippen molar-refractivity contribution < 1.29 is 22.4 Å². The normalized spacial score (nSPS) is 12.5. The highest BCUT2D eigenvalue weighted by Crippen LogP contribution is 2.29. The molecular weight excluding hydrogens is 426 g/mol. The van der Waals surface area contributed by atoms with Crippen LogP contribution >= 0.6 is 11.8 Å². The number of nitrogens with zero attached hydrogens (tertiary/aromatic N) is 1. The monoisotopic (exact) mass is 449 g/mol. The summed E-state index contributed by atoms with van der Waals surface area (Å²) in [7, 11) is -2.38. The molecule has 30 heavy (non-hydrogen) atoms. The molecule has 0 aliphatic rings. The van der Waals surface area contributed by atoms with Gasteiger partial charge in [0.05, 0.1) is 23.4 Å². The van der Waals surface area contributed by atoms with Crippen molar-refractivity contribution in [3.63, 3.8) is 0 Å². The Morgan fingerprint density at radius 2 is 2.03 bits per heavy atom. The van der Waals surface area contributed by atoms with Crippen LogP contribution in [0.4, 0.5) is 5.69 Å². The molecule has 2 aromatic carbocycles. The lowest BCUT2D eigenvalue weighted by Gasteiger charge is -2.11. The van der Waals surface area contributed by atoms with Crippen LogP contribution in [0.25, 0.3) is 11.1 Å². The third kappa shape index (κ3) is 5.25. The molecule has 3 rings (SSSR count). The summed E-state index contributed by atoms with van der Waals surface area (Å²) in [6, 6.07) is 11.3. The summed E-state index contributed by atoms with van der Waals surface area (Å²) in [5.74, 6) is 0.469. The van der Waals surface area contributed by atoms with E-state index < -0.39 is 10.0 Å². The Morgan fingerprint density at radius 1 is 1.27 bits per heavy atom. The molecule has 1 atom stereocenters. The number of sulfonamides is 1. The van der Waals surface area contributed by atoms with Gasteiger partial charge in [-0.25, -0.2) is 13.4 Å². The van der Waals surface area contributed by atoms with Crippen molar-refractivity contribution in [3.05, 3.63) is 42.5 Å². The molecule has 0 aliphatic heterocycles. The van der Waals surface area contributed by atoms with Crippen LogP contribution in [0.5, 0.6) is 5.75 Å². The second-order valence-corrected chi connectivity index (χ2v) is 9.19. The van der Waals surface area contributed by atoms with Crippen LogP contribution in [-0.2, 0) is 14.8 Å². The number of para-hydroxylation sites is 2. The number of thioether (sulfide) groups is 1. The molecule has 8 nitrogen and oxygen atoms in total. The molecule has 1 unspecified atom stereocenters. The zero-order chi connectivity index (χ0) is 21.7. The molecule has 1 amide bonds. The molecule has 160 valence electrons. The zero-order valence-corrected chi connectivity index (χ0v) is 18.5. The number of ether oxygens (including phenoxy) is 1. The number of hydrogen-bond donors (Lipinski definition) is 2. The molecule has 1 aromatic heterocycles. The number of carbonyl (C=O) groups is 1. The van der Waals surface area contributed by atoms with E-state index in [1.54, 1.807) is 30.3 Å². The minimum absolute atomic E-state index is 0.0419. The Balaban J connectivity index is 1.76. The van der Waals surface area contributed by atoms with Gasteiger partial charge in [0, 0.05) is 6.04 Å². The number of carbonyl (C=O) groups excluding carboxylic acids is 1. The van der Waals surface area contributed by atoms with Crippen LogP contribution in [0, 0.1) is 0 Å². The van der Waals surface area contributed by atoms with Gasteiger partial charge < -0.3 is 14.5 Å². The van der Waals surface area contributed by atoms with Crippen molar-refractivity contribution >= 4 is 44.5 Å². The predicted molar refractivity (Wildman–Crippen MR) is 116 cm³/mol. The van der Waals surface area contributed by atoms with Crippen LogP contribution in [0.3, 0.4) is 0 Å². The zero-order valence-electron chi connectivity index (χ0n) is 16.8. The van der Waals surface area contributed by atoms with E-state index in [2.05, 4.69) is 15.0 Å².